The van der Waals surface area contributed by atoms with Crippen LogP contribution < -0.4 is 10.6 Å². The second-order valence-corrected chi connectivity index (χ2v) is 7.35. The van der Waals surface area contributed by atoms with E-state index in [0.29, 0.717) is 16.6 Å². The predicted molar refractivity (Wildman–Crippen MR) is 120 cm³/mol. The first-order valence-electron chi connectivity index (χ1n) is 8.53. The molecule has 0 saturated heterocycles. The summed E-state index contributed by atoms with van der Waals surface area (Å²) in [6.07, 6.45) is 0. The molecule has 0 atom stereocenters. The normalized spacial score (nSPS) is 10.7. The van der Waals surface area contributed by atoms with Crippen molar-refractivity contribution in [3.8, 4) is 11.5 Å². The second-order valence-electron chi connectivity index (χ2n) is 6.10. The Morgan fingerprint density at radius 3 is 2.48 bits per heavy atom. The molecule has 0 unspecified atom stereocenters. The summed E-state index contributed by atoms with van der Waals surface area (Å²) in [5.74, 6) is 0.110. The summed E-state index contributed by atoms with van der Waals surface area (Å²) in [6, 6.07) is 19.5. The number of fused-ring (bicyclic) bond motifs is 1. The number of nitrogens with zero attached hydrogens (tertiary/aromatic N) is 1. The number of hydrogen-bond acceptors (Lipinski definition) is 4. The Morgan fingerprint density at radius 2 is 1.76 bits per heavy atom. The molecule has 1 amide bonds. The van der Waals surface area contributed by atoms with Crippen LogP contribution in [0.2, 0.25) is 10.0 Å². The maximum Gasteiger partial charge on any atom is 0.258 e. The summed E-state index contributed by atoms with van der Waals surface area (Å²) in [5, 5.41) is 6.40. The lowest BCUT2D eigenvalue weighted by Gasteiger charge is -2.10. The van der Waals surface area contributed by atoms with E-state index in [1.54, 1.807) is 6.07 Å². The Kier molecular flexibility index (Phi) is 5.49. The van der Waals surface area contributed by atoms with Crippen LogP contribution in [0.25, 0.3) is 22.6 Å². The molecule has 0 aliphatic rings. The van der Waals surface area contributed by atoms with Gasteiger partial charge in [0.15, 0.2) is 10.7 Å². The topological polar surface area (TPSA) is 67.2 Å². The van der Waals surface area contributed by atoms with Crippen LogP contribution in [0.3, 0.4) is 0 Å². The average Bonchev–Trinajstić information content (AvgIpc) is 3.12. The van der Waals surface area contributed by atoms with E-state index >= 15 is 0 Å². The molecule has 1 aromatic heterocycles. The van der Waals surface area contributed by atoms with Crippen LogP contribution in [0.15, 0.2) is 71.1 Å². The molecule has 2 N–H and O–H groups in total. The number of anilines is 1. The molecule has 0 bridgehead atoms. The lowest BCUT2D eigenvalue weighted by molar-refractivity contribution is 0.0978. The number of oxazole rings is 1. The van der Waals surface area contributed by atoms with Crippen molar-refractivity contribution in [3.63, 3.8) is 0 Å². The van der Waals surface area contributed by atoms with Gasteiger partial charge in [-0.15, -0.1) is 0 Å². The van der Waals surface area contributed by atoms with Crippen molar-refractivity contribution < 1.29 is 9.21 Å². The van der Waals surface area contributed by atoms with Gasteiger partial charge in [-0.3, -0.25) is 10.1 Å². The fourth-order valence-electron chi connectivity index (χ4n) is 2.70. The van der Waals surface area contributed by atoms with Gasteiger partial charge < -0.3 is 9.73 Å². The van der Waals surface area contributed by atoms with Crippen LogP contribution in [0.4, 0.5) is 5.69 Å². The smallest absolute Gasteiger partial charge is 0.258 e. The van der Waals surface area contributed by atoms with Gasteiger partial charge in [-0.1, -0.05) is 35.3 Å². The molecule has 0 aliphatic carbocycles. The zero-order valence-electron chi connectivity index (χ0n) is 14.8. The maximum absolute atomic E-state index is 12.3. The summed E-state index contributed by atoms with van der Waals surface area (Å²) in [4.78, 5) is 16.8. The number of amides is 1. The Hall–Kier alpha value is -2.93. The molecule has 3 aromatic carbocycles. The van der Waals surface area contributed by atoms with E-state index in [1.807, 2.05) is 48.5 Å². The van der Waals surface area contributed by atoms with Crippen molar-refractivity contribution in [3.05, 3.63) is 82.3 Å². The van der Waals surface area contributed by atoms with Crippen LogP contribution >= 0.6 is 35.4 Å². The van der Waals surface area contributed by atoms with Gasteiger partial charge in [-0.05, 0) is 66.8 Å². The number of carbonyl (C=O) groups excluding carboxylic acids is 1. The summed E-state index contributed by atoms with van der Waals surface area (Å²) in [7, 11) is 0. The Balaban J connectivity index is 1.43. The number of rotatable bonds is 3. The van der Waals surface area contributed by atoms with E-state index in [9.17, 15) is 4.79 Å². The second kappa shape index (κ2) is 8.21. The molecule has 0 fully saturated rings. The zero-order chi connectivity index (χ0) is 20.4. The molecule has 144 valence electrons. The highest BCUT2D eigenvalue weighted by Gasteiger charge is 2.13. The number of nitrogens with one attached hydrogen (secondary N) is 2. The van der Waals surface area contributed by atoms with Crippen molar-refractivity contribution >= 4 is 63.2 Å². The highest BCUT2D eigenvalue weighted by molar-refractivity contribution is 7.80. The molecule has 0 aliphatic heterocycles. The first-order chi connectivity index (χ1) is 14.0. The quantitative estimate of drug-likeness (QED) is 0.385. The molecule has 0 radical (unpaired) electrons. The van der Waals surface area contributed by atoms with Gasteiger partial charge >= 0.3 is 0 Å². The third-order valence-electron chi connectivity index (χ3n) is 4.09. The highest BCUT2D eigenvalue weighted by atomic mass is 35.5. The Morgan fingerprint density at radius 1 is 1.00 bits per heavy atom. The van der Waals surface area contributed by atoms with Crippen LogP contribution in [0.1, 0.15) is 10.4 Å². The minimum absolute atomic E-state index is 0.149. The molecule has 1 heterocycles. The monoisotopic (exact) mass is 441 g/mol. The lowest BCUT2D eigenvalue weighted by atomic mass is 10.2. The highest BCUT2D eigenvalue weighted by Crippen LogP contribution is 2.25. The van der Waals surface area contributed by atoms with E-state index in [1.165, 1.54) is 12.1 Å². The van der Waals surface area contributed by atoms with Gasteiger partial charge in [-0.2, -0.15) is 0 Å². The minimum atomic E-state index is -0.424. The fourth-order valence-corrected chi connectivity index (χ4v) is 3.40. The minimum Gasteiger partial charge on any atom is -0.436 e. The van der Waals surface area contributed by atoms with Crippen LogP contribution in [0.5, 0.6) is 0 Å². The van der Waals surface area contributed by atoms with Gasteiger partial charge in [0.05, 0.1) is 10.6 Å². The predicted octanol–water partition coefficient (Wildman–Crippen LogP) is 5.93. The summed E-state index contributed by atoms with van der Waals surface area (Å²) >= 11 is 17.1. The Labute approximate surface area is 181 Å². The Bertz CT molecular complexity index is 1190. The van der Waals surface area contributed by atoms with Crippen molar-refractivity contribution in [1.29, 1.82) is 0 Å². The van der Waals surface area contributed by atoms with E-state index in [0.717, 1.165) is 16.7 Å². The van der Waals surface area contributed by atoms with E-state index in [2.05, 4.69) is 15.6 Å². The van der Waals surface area contributed by atoms with Crippen LogP contribution in [-0.4, -0.2) is 16.0 Å². The molecule has 29 heavy (non-hydrogen) atoms. The van der Waals surface area contributed by atoms with E-state index < -0.39 is 5.91 Å². The molecule has 4 aromatic rings. The number of aromatic nitrogens is 1. The maximum atomic E-state index is 12.3. The largest absolute Gasteiger partial charge is 0.436 e. The lowest BCUT2D eigenvalue weighted by Crippen LogP contribution is -2.34. The SMILES string of the molecule is O=C(NC(=S)Nc1ccc(-c2nc3ccccc3o2)cc1)c1ccc(Cl)cc1Cl. The van der Waals surface area contributed by atoms with Gasteiger partial charge in [0, 0.05) is 16.3 Å². The van der Waals surface area contributed by atoms with Crippen molar-refractivity contribution in [2.75, 3.05) is 5.32 Å². The standard InChI is InChI=1S/C21H13Cl2N3O2S/c22-13-7-10-15(16(23)11-13)19(27)26-21(29)24-14-8-5-12(6-9-14)20-25-17-3-1-2-4-18(17)28-20/h1-11H,(H2,24,26,27,29). The fraction of sp³-hybridized carbons (Fsp3) is 0. The third kappa shape index (κ3) is 4.40. The summed E-state index contributed by atoms with van der Waals surface area (Å²) < 4.78 is 5.76. The number of para-hydroxylation sites is 2. The van der Waals surface area contributed by atoms with E-state index in [-0.39, 0.29) is 15.7 Å². The number of benzene rings is 3. The molecule has 0 saturated carbocycles. The number of halogens is 2. The summed E-state index contributed by atoms with van der Waals surface area (Å²) in [6.45, 7) is 0. The van der Waals surface area contributed by atoms with Crippen LogP contribution in [0, 0.1) is 0 Å². The molecule has 8 heteroatoms. The number of hydrogen-bond donors (Lipinski definition) is 2. The van der Waals surface area contributed by atoms with Crippen molar-refractivity contribution in [2.45, 2.75) is 0 Å². The number of thiocarbonyl (C=S) groups is 1. The van der Waals surface area contributed by atoms with Gasteiger partial charge in [0.2, 0.25) is 5.89 Å². The molecule has 5 nitrogen and oxygen atoms in total. The van der Waals surface area contributed by atoms with Gasteiger partial charge in [-0.25, -0.2) is 4.98 Å². The third-order valence-corrected chi connectivity index (χ3v) is 4.84. The van der Waals surface area contributed by atoms with Crippen molar-refractivity contribution in [2.24, 2.45) is 0 Å². The number of carbonyl (C=O) groups is 1. The molecular weight excluding hydrogens is 429 g/mol. The summed E-state index contributed by atoms with van der Waals surface area (Å²) in [5.41, 5.74) is 3.35. The molecule has 0 spiro atoms. The first-order valence-corrected chi connectivity index (χ1v) is 9.69. The zero-order valence-corrected chi connectivity index (χ0v) is 17.1. The van der Waals surface area contributed by atoms with E-state index in [4.69, 9.17) is 39.8 Å². The molecule has 4 rings (SSSR count). The molecular formula is C21H13Cl2N3O2S. The first kappa shape index (κ1) is 19.4. The van der Waals surface area contributed by atoms with Gasteiger partial charge in [0.1, 0.15) is 5.52 Å². The van der Waals surface area contributed by atoms with Crippen molar-refractivity contribution in [1.82, 2.24) is 10.3 Å². The van der Waals surface area contributed by atoms with Gasteiger partial charge in [0.25, 0.3) is 5.91 Å². The van der Waals surface area contributed by atoms with Crippen LogP contribution in [-0.2, 0) is 0 Å². The average molecular weight is 442 g/mol.